The summed E-state index contributed by atoms with van der Waals surface area (Å²) >= 11 is 0. The van der Waals surface area contributed by atoms with Crippen molar-refractivity contribution in [3.8, 4) is 5.75 Å². The molecule has 1 heterocycles. The van der Waals surface area contributed by atoms with E-state index in [2.05, 4.69) is 30.5 Å². The number of ketones is 1. The van der Waals surface area contributed by atoms with E-state index in [1.807, 2.05) is 18.2 Å². The Labute approximate surface area is 154 Å². The monoisotopic (exact) mass is 355 g/mol. The molecule has 0 amide bonds. The normalized spacial score (nSPS) is 11.1. The molecule has 2 aromatic rings. The van der Waals surface area contributed by atoms with Crippen LogP contribution in [-0.2, 0) is 27.8 Å². The van der Waals surface area contributed by atoms with Crippen LogP contribution >= 0.6 is 0 Å². The topological polar surface area (TPSA) is 65.5 Å². The molecule has 0 atom stereocenters. The van der Waals surface area contributed by atoms with Crippen molar-refractivity contribution < 1.29 is 19.1 Å². The lowest BCUT2D eigenvalue weighted by Crippen LogP contribution is -2.14. The van der Waals surface area contributed by atoms with Gasteiger partial charge in [-0.05, 0) is 40.3 Å². The Bertz CT molecular complexity index is 806. The predicted octanol–water partition coefficient (Wildman–Crippen LogP) is 3.53. The zero-order valence-electron chi connectivity index (χ0n) is 16.0. The largest absolute Gasteiger partial charge is 0.496 e. The first kappa shape index (κ1) is 19.6. The summed E-state index contributed by atoms with van der Waals surface area (Å²) in [5, 5.41) is 0. The quantitative estimate of drug-likeness (QED) is 0.742. The van der Waals surface area contributed by atoms with Crippen LogP contribution in [0.25, 0.3) is 0 Å². The van der Waals surface area contributed by atoms with Crippen LogP contribution in [0.3, 0.4) is 0 Å². The number of hydrogen-bond acceptors (Lipinski definition) is 5. The third-order valence-electron chi connectivity index (χ3n) is 4.10. The van der Waals surface area contributed by atoms with E-state index < -0.39 is 5.97 Å². The Morgan fingerprint density at radius 1 is 1.00 bits per heavy atom. The Hall–Kier alpha value is -2.69. The summed E-state index contributed by atoms with van der Waals surface area (Å²) in [5.41, 5.74) is 2.92. The summed E-state index contributed by atoms with van der Waals surface area (Å²) in [6.45, 7) is 6.37. The molecule has 0 bridgehead atoms. The van der Waals surface area contributed by atoms with Gasteiger partial charge in [0, 0.05) is 19.0 Å². The number of benzene rings is 1. The van der Waals surface area contributed by atoms with Crippen molar-refractivity contribution in [2.45, 2.75) is 39.0 Å². The molecule has 1 aromatic carbocycles. The number of carbonyl (C=O) groups excluding carboxylic acids is 2. The second-order valence-corrected chi connectivity index (χ2v) is 7.22. The summed E-state index contributed by atoms with van der Waals surface area (Å²) < 4.78 is 10.2. The number of nitrogens with zero attached hydrogens (tertiary/aromatic N) is 1. The van der Waals surface area contributed by atoms with E-state index in [1.54, 1.807) is 19.2 Å². The standard InChI is InChI=1S/C21H25NO4/c1-21(2,3)17-7-6-14(13-19(17)25-4)10-16(23)11-15-8-9-22-18(12-15)20(24)26-5/h6-9,12-13H,10-11H2,1-5H3. The summed E-state index contributed by atoms with van der Waals surface area (Å²) in [6, 6.07) is 9.22. The number of carbonyl (C=O) groups is 2. The van der Waals surface area contributed by atoms with E-state index in [0.717, 1.165) is 22.4 Å². The smallest absolute Gasteiger partial charge is 0.356 e. The lowest BCUT2D eigenvalue weighted by atomic mass is 9.85. The van der Waals surface area contributed by atoms with Crippen molar-refractivity contribution in [1.29, 1.82) is 0 Å². The summed E-state index contributed by atoms with van der Waals surface area (Å²) in [7, 11) is 2.94. The Morgan fingerprint density at radius 3 is 2.23 bits per heavy atom. The lowest BCUT2D eigenvalue weighted by molar-refractivity contribution is -0.117. The minimum absolute atomic E-state index is 0.0325. The van der Waals surface area contributed by atoms with Gasteiger partial charge in [-0.2, -0.15) is 0 Å². The van der Waals surface area contributed by atoms with Gasteiger partial charge in [-0.15, -0.1) is 0 Å². The van der Waals surface area contributed by atoms with E-state index in [1.165, 1.54) is 13.3 Å². The molecule has 0 aliphatic rings. The van der Waals surface area contributed by atoms with E-state index in [0.29, 0.717) is 6.42 Å². The van der Waals surface area contributed by atoms with Crippen LogP contribution in [0.1, 0.15) is 48.0 Å². The molecule has 26 heavy (non-hydrogen) atoms. The highest BCUT2D eigenvalue weighted by Crippen LogP contribution is 2.32. The fourth-order valence-corrected chi connectivity index (χ4v) is 2.78. The number of pyridine rings is 1. The average Bonchev–Trinajstić information content (AvgIpc) is 2.60. The molecular formula is C21H25NO4. The number of methoxy groups -OCH3 is 2. The summed E-state index contributed by atoms with van der Waals surface area (Å²) in [4.78, 5) is 27.9. The van der Waals surface area contributed by atoms with Crippen molar-refractivity contribution in [3.63, 3.8) is 0 Å². The molecule has 0 N–H and O–H groups in total. The zero-order chi connectivity index (χ0) is 19.3. The molecule has 0 aliphatic carbocycles. The minimum Gasteiger partial charge on any atom is -0.496 e. The fraction of sp³-hybridized carbons (Fsp3) is 0.381. The molecule has 0 unspecified atom stereocenters. The maximum absolute atomic E-state index is 12.4. The van der Waals surface area contributed by atoms with Gasteiger partial charge in [0.15, 0.2) is 0 Å². The second-order valence-electron chi connectivity index (χ2n) is 7.22. The van der Waals surface area contributed by atoms with Gasteiger partial charge in [0.25, 0.3) is 0 Å². The molecule has 2 rings (SSSR count). The van der Waals surface area contributed by atoms with Gasteiger partial charge in [0.2, 0.25) is 0 Å². The second kappa shape index (κ2) is 8.13. The molecule has 5 heteroatoms. The van der Waals surface area contributed by atoms with Gasteiger partial charge >= 0.3 is 5.97 Å². The molecule has 0 radical (unpaired) electrons. The summed E-state index contributed by atoms with van der Waals surface area (Å²) in [6.07, 6.45) is 2.04. The highest BCUT2D eigenvalue weighted by molar-refractivity contribution is 5.88. The Morgan fingerprint density at radius 2 is 1.65 bits per heavy atom. The van der Waals surface area contributed by atoms with E-state index in [-0.39, 0.29) is 23.3 Å². The van der Waals surface area contributed by atoms with E-state index in [4.69, 9.17) is 4.74 Å². The molecule has 5 nitrogen and oxygen atoms in total. The van der Waals surface area contributed by atoms with Crippen LogP contribution in [0.5, 0.6) is 5.75 Å². The first-order valence-corrected chi connectivity index (χ1v) is 8.47. The number of ether oxygens (including phenoxy) is 2. The Kier molecular flexibility index (Phi) is 6.14. The minimum atomic E-state index is -0.512. The maximum atomic E-state index is 12.4. The molecule has 0 spiro atoms. The number of esters is 1. The van der Waals surface area contributed by atoms with Gasteiger partial charge in [-0.1, -0.05) is 32.9 Å². The third kappa shape index (κ3) is 4.91. The molecule has 0 aliphatic heterocycles. The lowest BCUT2D eigenvalue weighted by Gasteiger charge is -2.22. The van der Waals surface area contributed by atoms with Gasteiger partial charge in [0.05, 0.1) is 14.2 Å². The molecule has 1 aromatic heterocycles. The SMILES string of the molecule is COC(=O)c1cc(CC(=O)Cc2ccc(C(C)(C)C)c(OC)c2)ccn1. The van der Waals surface area contributed by atoms with Crippen LogP contribution in [0.15, 0.2) is 36.5 Å². The van der Waals surface area contributed by atoms with E-state index in [9.17, 15) is 9.59 Å². The van der Waals surface area contributed by atoms with Gasteiger partial charge in [-0.25, -0.2) is 9.78 Å². The van der Waals surface area contributed by atoms with Crippen molar-refractivity contribution in [2.24, 2.45) is 0 Å². The van der Waals surface area contributed by atoms with Crippen molar-refractivity contribution in [3.05, 3.63) is 58.9 Å². The van der Waals surface area contributed by atoms with E-state index >= 15 is 0 Å². The van der Waals surface area contributed by atoms with Crippen molar-refractivity contribution in [1.82, 2.24) is 4.98 Å². The van der Waals surface area contributed by atoms with Crippen LogP contribution in [0.4, 0.5) is 0 Å². The van der Waals surface area contributed by atoms with Gasteiger partial charge < -0.3 is 9.47 Å². The van der Waals surface area contributed by atoms with Crippen LogP contribution in [0.2, 0.25) is 0 Å². The average molecular weight is 355 g/mol. The molecule has 138 valence electrons. The van der Waals surface area contributed by atoms with Crippen molar-refractivity contribution in [2.75, 3.05) is 14.2 Å². The molecule has 0 fully saturated rings. The first-order chi connectivity index (χ1) is 12.2. The van der Waals surface area contributed by atoms with Crippen LogP contribution in [0, 0.1) is 0 Å². The zero-order valence-corrected chi connectivity index (χ0v) is 16.0. The van der Waals surface area contributed by atoms with Crippen molar-refractivity contribution >= 4 is 11.8 Å². The highest BCUT2D eigenvalue weighted by atomic mass is 16.5. The molecule has 0 saturated carbocycles. The van der Waals surface area contributed by atoms with Gasteiger partial charge in [-0.3, -0.25) is 4.79 Å². The predicted molar refractivity (Wildman–Crippen MR) is 99.7 cm³/mol. The van der Waals surface area contributed by atoms with Gasteiger partial charge in [0.1, 0.15) is 17.2 Å². The van der Waals surface area contributed by atoms with Crippen LogP contribution in [-0.4, -0.2) is 31.0 Å². The third-order valence-corrected chi connectivity index (χ3v) is 4.10. The Balaban J connectivity index is 2.12. The molecule has 0 saturated heterocycles. The van der Waals surface area contributed by atoms with Crippen LogP contribution < -0.4 is 4.74 Å². The highest BCUT2D eigenvalue weighted by Gasteiger charge is 2.19. The number of Topliss-reactive ketones (excluding diaryl/α,β-unsaturated/α-hetero) is 1. The molecular weight excluding hydrogens is 330 g/mol. The number of rotatable bonds is 6. The number of hydrogen-bond donors (Lipinski definition) is 0. The first-order valence-electron chi connectivity index (χ1n) is 8.47. The number of aromatic nitrogens is 1. The maximum Gasteiger partial charge on any atom is 0.356 e. The summed E-state index contributed by atoms with van der Waals surface area (Å²) in [5.74, 6) is 0.332. The fourth-order valence-electron chi connectivity index (χ4n) is 2.78.